The minimum absolute atomic E-state index is 0.0884. The molecule has 0 spiro atoms. The van der Waals surface area contributed by atoms with Crippen LogP contribution in [0.5, 0.6) is 0 Å². The lowest BCUT2D eigenvalue weighted by atomic mass is 9.82. The highest BCUT2D eigenvalue weighted by molar-refractivity contribution is 5.91. The van der Waals surface area contributed by atoms with Crippen LogP contribution in [0, 0.1) is 12.8 Å². The minimum atomic E-state index is -0.167. The van der Waals surface area contributed by atoms with Gasteiger partial charge in [-0.1, -0.05) is 0 Å². The van der Waals surface area contributed by atoms with Crippen molar-refractivity contribution in [1.29, 1.82) is 0 Å². The molecule has 1 N–H and O–H groups in total. The van der Waals surface area contributed by atoms with Crippen molar-refractivity contribution in [2.45, 2.75) is 25.9 Å². The smallest absolute Gasteiger partial charge is 0.289 e. The molecule has 1 fully saturated rings. The monoisotopic (exact) mass is 223 g/mol. The third kappa shape index (κ3) is 2.27. The number of aliphatic hydroxyl groups is 1. The molecule has 0 radical (unpaired) electrons. The van der Waals surface area contributed by atoms with Crippen LogP contribution in [0.1, 0.15) is 29.2 Å². The molecule has 4 nitrogen and oxygen atoms in total. The molecular formula is C12H17NO3. The van der Waals surface area contributed by atoms with Crippen LogP contribution in [-0.4, -0.2) is 35.6 Å². The summed E-state index contributed by atoms with van der Waals surface area (Å²) >= 11 is 0. The topological polar surface area (TPSA) is 53.7 Å². The zero-order valence-corrected chi connectivity index (χ0v) is 9.64. The molecule has 1 heterocycles. The quantitative estimate of drug-likeness (QED) is 0.843. The first-order valence-corrected chi connectivity index (χ1v) is 5.56. The number of aliphatic hydroxyl groups excluding tert-OH is 1. The van der Waals surface area contributed by atoms with Crippen molar-refractivity contribution in [2.24, 2.45) is 5.92 Å². The zero-order chi connectivity index (χ0) is 11.7. The molecule has 1 aliphatic carbocycles. The fourth-order valence-electron chi connectivity index (χ4n) is 2.06. The molecule has 0 bridgehead atoms. The Kier molecular flexibility index (Phi) is 3.01. The number of carbonyl (C=O) groups is 1. The van der Waals surface area contributed by atoms with Gasteiger partial charge in [0.1, 0.15) is 5.76 Å². The Hall–Kier alpha value is -1.29. The lowest BCUT2D eigenvalue weighted by Gasteiger charge is -2.34. The van der Waals surface area contributed by atoms with Gasteiger partial charge in [0.25, 0.3) is 5.91 Å². The van der Waals surface area contributed by atoms with Gasteiger partial charge in [-0.2, -0.15) is 0 Å². The van der Waals surface area contributed by atoms with E-state index in [4.69, 9.17) is 9.52 Å². The minimum Gasteiger partial charge on any atom is -0.456 e. The Balaban J connectivity index is 1.89. The summed E-state index contributed by atoms with van der Waals surface area (Å²) in [4.78, 5) is 13.5. The highest BCUT2D eigenvalue weighted by Gasteiger charge is 2.29. The molecule has 4 heteroatoms. The maximum Gasteiger partial charge on any atom is 0.289 e. The van der Waals surface area contributed by atoms with E-state index in [2.05, 4.69) is 0 Å². The van der Waals surface area contributed by atoms with Crippen LogP contribution in [0.4, 0.5) is 0 Å². The van der Waals surface area contributed by atoms with Crippen molar-refractivity contribution in [3.8, 4) is 0 Å². The number of aryl methyl sites for hydroxylation is 1. The van der Waals surface area contributed by atoms with Gasteiger partial charge in [-0.05, 0) is 37.8 Å². The molecule has 0 aromatic carbocycles. The van der Waals surface area contributed by atoms with Crippen LogP contribution in [0.2, 0.25) is 0 Å². The van der Waals surface area contributed by atoms with Gasteiger partial charge in [0.2, 0.25) is 0 Å². The van der Waals surface area contributed by atoms with E-state index in [1.807, 2.05) is 6.92 Å². The Morgan fingerprint density at radius 1 is 1.56 bits per heavy atom. The van der Waals surface area contributed by atoms with Gasteiger partial charge in [0.05, 0.1) is 6.10 Å². The maximum atomic E-state index is 11.9. The summed E-state index contributed by atoms with van der Waals surface area (Å²) < 4.78 is 5.28. The SMILES string of the molecule is Cc1ccc(C(=O)N(C)CC2CC(O)C2)o1. The Bertz CT molecular complexity index is 379. The van der Waals surface area contributed by atoms with Gasteiger partial charge in [0.15, 0.2) is 5.76 Å². The Morgan fingerprint density at radius 3 is 2.75 bits per heavy atom. The van der Waals surface area contributed by atoms with Gasteiger partial charge in [-0.25, -0.2) is 0 Å². The average Bonchev–Trinajstić information content (AvgIpc) is 2.61. The van der Waals surface area contributed by atoms with E-state index < -0.39 is 0 Å². The molecule has 0 unspecified atom stereocenters. The molecule has 1 aliphatic rings. The summed E-state index contributed by atoms with van der Waals surface area (Å²) in [5.74, 6) is 1.48. The Morgan fingerprint density at radius 2 is 2.25 bits per heavy atom. The van der Waals surface area contributed by atoms with Crippen LogP contribution in [0.3, 0.4) is 0 Å². The molecule has 1 amide bonds. The van der Waals surface area contributed by atoms with Gasteiger partial charge in [-0.15, -0.1) is 0 Å². The summed E-state index contributed by atoms with van der Waals surface area (Å²) in [5.41, 5.74) is 0. The third-order valence-corrected chi connectivity index (χ3v) is 3.04. The molecule has 1 aromatic heterocycles. The van der Waals surface area contributed by atoms with Crippen LogP contribution in [-0.2, 0) is 0 Å². The van der Waals surface area contributed by atoms with Gasteiger partial charge < -0.3 is 14.4 Å². The number of rotatable bonds is 3. The first kappa shape index (κ1) is 11.2. The molecule has 88 valence electrons. The highest BCUT2D eigenvalue weighted by atomic mass is 16.3. The number of hydrogen-bond acceptors (Lipinski definition) is 3. The van der Waals surface area contributed by atoms with Crippen molar-refractivity contribution in [3.05, 3.63) is 23.7 Å². The summed E-state index contributed by atoms with van der Waals surface area (Å²) in [6, 6.07) is 3.48. The first-order valence-electron chi connectivity index (χ1n) is 5.56. The molecule has 1 saturated carbocycles. The maximum absolute atomic E-state index is 11.9. The molecule has 1 aromatic rings. The van der Waals surface area contributed by atoms with Crippen molar-refractivity contribution >= 4 is 5.91 Å². The fourth-order valence-corrected chi connectivity index (χ4v) is 2.06. The van der Waals surface area contributed by atoms with Crippen LogP contribution < -0.4 is 0 Å². The van der Waals surface area contributed by atoms with Gasteiger partial charge in [0, 0.05) is 13.6 Å². The zero-order valence-electron chi connectivity index (χ0n) is 9.64. The molecule has 0 aliphatic heterocycles. The van der Waals surface area contributed by atoms with E-state index in [1.165, 1.54) is 0 Å². The predicted molar refractivity (Wildman–Crippen MR) is 59.1 cm³/mol. The third-order valence-electron chi connectivity index (χ3n) is 3.04. The molecule has 2 rings (SSSR count). The summed E-state index contributed by atoms with van der Waals surface area (Å²) in [6.07, 6.45) is 1.43. The average molecular weight is 223 g/mol. The summed E-state index contributed by atoms with van der Waals surface area (Å²) in [7, 11) is 1.77. The van der Waals surface area contributed by atoms with E-state index >= 15 is 0 Å². The van der Waals surface area contributed by atoms with Crippen molar-refractivity contribution in [1.82, 2.24) is 4.90 Å². The second kappa shape index (κ2) is 4.29. The Labute approximate surface area is 94.9 Å². The van der Waals surface area contributed by atoms with E-state index in [-0.39, 0.29) is 12.0 Å². The molecule has 16 heavy (non-hydrogen) atoms. The lowest BCUT2D eigenvalue weighted by molar-refractivity contribution is 0.0257. The number of hydrogen-bond donors (Lipinski definition) is 1. The summed E-state index contributed by atoms with van der Waals surface area (Å²) in [6.45, 7) is 2.51. The second-order valence-electron chi connectivity index (χ2n) is 4.59. The van der Waals surface area contributed by atoms with E-state index in [0.29, 0.717) is 18.2 Å². The molecule has 0 saturated heterocycles. The van der Waals surface area contributed by atoms with Crippen LogP contribution in [0.15, 0.2) is 16.5 Å². The van der Waals surface area contributed by atoms with Gasteiger partial charge >= 0.3 is 0 Å². The molecular weight excluding hydrogens is 206 g/mol. The number of furan rings is 1. The first-order chi connectivity index (χ1) is 7.56. The molecule has 0 atom stereocenters. The number of nitrogens with zero attached hydrogens (tertiary/aromatic N) is 1. The second-order valence-corrected chi connectivity index (χ2v) is 4.59. The normalized spacial score (nSPS) is 23.9. The van der Waals surface area contributed by atoms with Crippen LogP contribution >= 0.6 is 0 Å². The summed E-state index contributed by atoms with van der Waals surface area (Å²) in [5, 5.41) is 9.17. The predicted octanol–water partition coefficient (Wildman–Crippen LogP) is 1.43. The van der Waals surface area contributed by atoms with E-state index in [1.54, 1.807) is 24.1 Å². The van der Waals surface area contributed by atoms with Crippen molar-refractivity contribution in [3.63, 3.8) is 0 Å². The van der Waals surface area contributed by atoms with Gasteiger partial charge in [-0.3, -0.25) is 4.79 Å². The standard InChI is InChI=1S/C12H17NO3/c1-8-3-4-11(16-8)12(15)13(2)7-9-5-10(14)6-9/h3-4,9-10,14H,5-7H2,1-2H3. The van der Waals surface area contributed by atoms with Crippen molar-refractivity contribution in [2.75, 3.05) is 13.6 Å². The largest absolute Gasteiger partial charge is 0.456 e. The van der Waals surface area contributed by atoms with Crippen molar-refractivity contribution < 1.29 is 14.3 Å². The van der Waals surface area contributed by atoms with Crippen LogP contribution in [0.25, 0.3) is 0 Å². The van der Waals surface area contributed by atoms with E-state index in [9.17, 15) is 4.79 Å². The number of carbonyl (C=O) groups excluding carboxylic acids is 1. The number of amides is 1. The lowest BCUT2D eigenvalue weighted by Crippen LogP contribution is -2.39. The fraction of sp³-hybridized carbons (Fsp3) is 0.583. The highest BCUT2D eigenvalue weighted by Crippen LogP contribution is 2.27. The van der Waals surface area contributed by atoms with E-state index in [0.717, 1.165) is 18.6 Å².